The number of nitrogens with zero attached hydrogens (tertiary/aromatic N) is 5. The van der Waals surface area contributed by atoms with Crippen LogP contribution in [0.25, 0.3) is 121 Å². The van der Waals surface area contributed by atoms with Crippen molar-refractivity contribution >= 4 is 75.9 Å². The maximum atomic E-state index is 5.27. The van der Waals surface area contributed by atoms with Gasteiger partial charge in [-0.15, -0.1) is 0 Å². The van der Waals surface area contributed by atoms with E-state index >= 15 is 0 Å². The zero-order valence-electron chi connectivity index (χ0n) is 33.4. The first-order chi connectivity index (χ1) is 30.8. The smallest absolute Gasteiger partial charge is 0.238 e. The summed E-state index contributed by atoms with van der Waals surface area (Å²) in [6, 6.07) is 75.7. The number of rotatable bonds is 5. The number of hydrogen-bond donors (Lipinski definition) is 0. The van der Waals surface area contributed by atoms with Crippen LogP contribution in [0.2, 0.25) is 0 Å². The molecule has 0 amide bonds. The lowest BCUT2D eigenvalue weighted by Crippen LogP contribution is -2.07. The predicted octanol–water partition coefficient (Wildman–Crippen LogP) is 14.5. The number of para-hydroxylation sites is 2. The minimum absolute atomic E-state index is 0.570. The fraction of sp³-hybridized carbons (Fsp3) is 0. The summed E-state index contributed by atoms with van der Waals surface area (Å²) in [5, 5.41) is 12.3. The Morgan fingerprint density at radius 1 is 0.258 bits per heavy atom. The average molecular weight is 790 g/mol. The van der Waals surface area contributed by atoms with Crippen LogP contribution >= 0.6 is 0 Å². The Morgan fingerprint density at radius 2 is 0.661 bits per heavy atom. The minimum atomic E-state index is 0.570. The molecule has 13 aromatic rings. The van der Waals surface area contributed by atoms with Gasteiger partial charge in [0.05, 0.1) is 22.1 Å². The molecule has 0 atom stereocenters. The topological polar surface area (TPSA) is 48.5 Å². The van der Waals surface area contributed by atoms with Crippen molar-refractivity contribution in [2.24, 2.45) is 0 Å². The summed E-state index contributed by atoms with van der Waals surface area (Å²) in [6.07, 6.45) is 0. The van der Waals surface area contributed by atoms with Crippen molar-refractivity contribution in [2.45, 2.75) is 0 Å². The van der Waals surface area contributed by atoms with E-state index in [0.717, 1.165) is 55.0 Å². The highest BCUT2D eigenvalue weighted by Crippen LogP contribution is 2.42. The van der Waals surface area contributed by atoms with Gasteiger partial charge in [0, 0.05) is 38.4 Å². The van der Waals surface area contributed by atoms with Crippen molar-refractivity contribution in [2.75, 3.05) is 0 Å². The van der Waals surface area contributed by atoms with Gasteiger partial charge in [-0.3, -0.25) is 4.57 Å². The largest absolute Gasteiger partial charge is 0.307 e. The van der Waals surface area contributed by atoms with Crippen molar-refractivity contribution in [1.29, 1.82) is 0 Å². The Bertz CT molecular complexity index is 3810. The molecular weight excluding hydrogens is 755 g/mol. The highest BCUT2D eigenvalue weighted by molar-refractivity contribution is 6.26. The molecular formula is C57H35N5. The van der Waals surface area contributed by atoms with Crippen molar-refractivity contribution in [3.8, 4) is 45.5 Å². The molecule has 62 heavy (non-hydrogen) atoms. The number of fused-ring (bicyclic) bond motifs is 13. The standard InChI is InChI=1S/C57H35N5/c1-3-15-37(16-4-1)55-58-56(38-17-5-2-6-18-38)60-57(59-55)62-52-26-14-12-24-47(52)49-34-33-48-46-23-11-13-25-51(46)61(53(48)54(49)62)40-30-27-36(28-31-40)39-29-32-45-43-21-8-7-19-41(43)42-20-9-10-22-44(42)50(45)35-39/h1-35H. The Kier molecular flexibility index (Phi) is 7.54. The molecule has 3 heterocycles. The van der Waals surface area contributed by atoms with Crippen molar-refractivity contribution in [1.82, 2.24) is 24.1 Å². The molecule has 0 N–H and O–H groups in total. The van der Waals surface area contributed by atoms with Crippen LogP contribution in [0.1, 0.15) is 0 Å². The predicted molar refractivity (Wildman–Crippen MR) is 257 cm³/mol. The average Bonchev–Trinajstić information content (AvgIpc) is 3.88. The first-order valence-electron chi connectivity index (χ1n) is 21.0. The molecule has 0 bridgehead atoms. The molecule has 10 aromatic carbocycles. The third-order valence-electron chi connectivity index (χ3n) is 12.6. The summed E-state index contributed by atoms with van der Waals surface area (Å²) in [5.41, 5.74) is 9.60. The molecule has 0 spiro atoms. The monoisotopic (exact) mass is 789 g/mol. The lowest BCUT2D eigenvalue weighted by Gasteiger charge is -2.14. The maximum Gasteiger partial charge on any atom is 0.238 e. The normalized spacial score (nSPS) is 11.9. The fourth-order valence-corrected chi connectivity index (χ4v) is 9.76. The minimum Gasteiger partial charge on any atom is -0.307 e. The highest BCUT2D eigenvalue weighted by Gasteiger charge is 2.23. The van der Waals surface area contributed by atoms with Gasteiger partial charge in [-0.2, -0.15) is 9.97 Å². The molecule has 0 saturated carbocycles. The lowest BCUT2D eigenvalue weighted by atomic mass is 9.92. The molecule has 0 radical (unpaired) electrons. The molecule has 0 unspecified atom stereocenters. The molecule has 0 aliphatic rings. The van der Waals surface area contributed by atoms with E-state index in [1.54, 1.807) is 0 Å². The van der Waals surface area contributed by atoms with Crippen molar-refractivity contribution < 1.29 is 0 Å². The van der Waals surface area contributed by atoms with Gasteiger partial charge >= 0.3 is 0 Å². The number of aromatic nitrogens is 5. The number of hydrogen-bond acceptors (Lipinski definition) is 3. The third kappa shape index (κ3) is 5.18. The van der Waals surface area contributed by atoms with E-state index in [2.05, 4.69) is 185 Å². The van der Waals surface area contributed by atoms with Gasteiger partial charge in [0.2, 0.25) is 5.95 Å². The van der Waals surface area contributed by atoms with E-state index in [1.165, 1.54) is 48.8 Å². The summed E-state index contributed by atoms with van der Waals surface area (Å²) in [7, 11) is 0. The Morgan fingerprint density at radius 3 is 1.21 bits per heavy atom. The zero-order valence-corrected chi connectivity index (χ0v) is 33.4. The van der Waals surface area contributed by atoms with E-state index in [0.29, 0.717) is 17.6 Å². The second-order valence-corrected chi connectivity index (χ2v) is 16.0. The molecule has 0 saturated heterocycles. The summed E-state index contributed by atoms with van der Waals surface area (Å²) >= 11 is 0. The SMILES string of the molecule is c1ccc(-c2nc(-c3ccccc3)nc(-n3c4ccccc4c4ccc5c6ccccc6n(-c6ccc(-c7ccc8c9ccccc9c9ccccc9c8c7)cc6)c5c43)n2)cc1. The van der Waals surface area contributed by atoms with Crippen molar-refractivity contribution in [3.63, 3.8) is 0 Å². The van der Waals surface area contributed by atoms with Crippen LogP contribution in [0, 0.1) is 0 Å². The quantitative estimate of drug-likeness (QED) is 0.163. The summed E-state index contributed by atoms with van der Waals surface area (Å²) < 4.78 is 4.67. The van der Waals surface area contributed by atoms with Crippen LogP contribution in [0.15, 0.2) is 212 Å². The first-order valence-corrected chi connectivity index (χ1v) is 21.0. The molecule has 13 rings (SSSR count). The summed E-state index contributed by atoms with van der Waals surface area (Å²) in [6.45, 7) is 0. The van der Waals surface area contributed by atoms with Crippen LogP contribution in [0.5, 0.6) is 0 Å². The molecule has 5 heteroatoms. The molecule has 0 fully saturated rings. The Labute approximate surface area is 356 Å². The van der Waals surface area contributed by atoms with Gasteiger partial charge in [0.15, 0.2) is 11.6 Å². The maximum absolute atomic E-state index is 5.27. The van der Waals surface area contributed by atoms with E-state index < -0.39 is 0 Å². The highest BCUT2D eigenvalue weighted by atomic mass is 15.2. The van der Waals surface area contributed by atoms with E-state index in [4.69, 9.17) is 15.0 Å². The van der Waals surface area contributed by atoms with Gasteiger partial charge < -0.3 is 4.57 Å². The third-order valence-corrected chi connectivity index (χ3v) is 12.6. The molecule has 288 valence electrons. The van der Waals surface area contributed by atoms with E-state index in [1.807, 2.05) is 36.4 Å². The van der Waals surface area contributed by atoms with Gasteiger partial charge in [0.1, 0.15) is 0 Å². The lowest BCUT2D eigenvalue weighted by molar-refractivity contribution is 0.953. The first kappa shape index (κ1) is 34.5. The summed E-state index contributed by atoms with van der Waals surface area (Å²) in [5.74, 6) is 1.82. The molecule has 0 aliphatic heterocycles. The second kappa shape index (κ2) is 13.6. The summed E-state index contributed by atoms with van der Waals surface area (Å²) in [4.78, 5) is 15.6. The van der Waals surface area contributed by atoms with Gasteiger partial charge in [-0.1, -0.05) is 182 Å². The fourth-order valence-electron chi connectivity index (χ4n) is 9.76. The molecule has 3 aromatic heterocycles. The molecule has 0 aliphatic carbocycles. The van der Waals surface area contributed by atoms with Crippen LogP contribution in [0.4, 0.5) is 0 Å². The van der Waals surface area contributed by atoms with Crippen LogP contribution in [0.3, 0.4) is 0 Å². The second-order valence-electron chi connectivity index (χ2n) is 16.0. The van der Waals surface area contributed by atoms with E-state index in [9.17, 15) is 0 Å². The van der Waals surface area contributed by atoms with Crippen LogP contribution in [-0.4, -0.2) is 24.1 Å². The van der Waals surface area contributed by atoms with Crippen LogP contribution < -0.4 is 0 Å². The van der Waals surface area contributed by atoms with Gasteiger partial charge in [-0.05, 0) is 73.8 Å². The van der Waals surface area contributed by atoms with Crippen molar-refractivity contribution in [3.05, 3.63) is 212 Å². The number of benzene rings is 10. The van der Waals surface area contributed by atoms with Crippen LogP contribution in [-0.2, 0) is 0 Å². The Balaban J connectivity index is 1.05. The van der Waals surface area contributed by atoms with E-state index in [-0.39, 0.29) is 0 Å². The zero-order chi connectivity index (χ0) is 40.7. The molecule has 5 nitrogen and oxygen atoms in total. The Hall–Kier alpha value is -8.41. The van der Waals surface area contributed by atoms with Gasteiger partial charge in [-0.25, -0.2) is 4.98 Å². The van der Waals surface area contributed by atoms with Gasteiger partial charge in [0.25, 0.3) is 0 Å².